The normalized spacial score (nSPS) is 23.1. The van der Waals surface area contributed by atoms with Crippen LogP contribution in [0.3, 0.4) is 0 Å². The lowest BCUT2D eigenvalue weighted by Crippen LogP contribution is -1.86. The van der Waals surface area contributed by atoms with Crippen LogP contribution in [0.2, 0.25) is 0 Å². The van der Waals surface area contributed by atoms with Crippen molar-refractivity contribution in [2.75, 3.05) is 0 Å². The van der Waals surface area contributed by atoms with Crippen LogP contribution in [0.1, 0.15) is 30.4 Å². The molecule has 0 aromatic heterocycles. The van der Waals surface area contributed by atoms with Gasteiger partial charge in [0.1, 0.15) is 0 Å². The molecule has 0 bridgehead atoms. The SMILES string of the molecule is C(=C(c1ccccc1)c1ccccc1)=C1[C@H]2CCC[C@H]12. The predicted molar refractivity (Wildman–Crippen MR) is 83.3 cm³/mol. The van der Waals surface area contributed by atoms with Crippen molar-refractivity contribution in [3.8, 4) is 0 Å². The number of rotatable bonds is 2. The predicted octanol–water partition coefficient (Wildman–Crippen LogP) is 5.07. The van der Waals surface area contributed by atoms with Gasteiger partial charge in [0.15, 0.2) is 0 Å². The highest BCUT2D eigenvalue weighted by atomic mass is 14.5. The maximum atomic E-state index is 3.76. The van der Waals surface area contributed by atoms with Crippen molar-refractivity contribution in [3.63, 3.8) is 0 Å². The minimum Gasteiger partial charge on any atom is -0.112 e. The van der Waals surface area contributed by atoms with Crippen LogP contribution in [0.5, 0.6) is 0 Å². The van der Waals surface area contributed by atoms with E-state index in [4.69, 9.17) is 0 Å². The molecule has 2 fully saturated rings. The van der Waals surface area contributed by atoms with E-state index in [2.05, 4.69) is 66.4 Å². The minimum absolute atomic E-state index is 0.845. The Labute approximate surface area is 120 Å². The average Bonchev–Trinajstić information content (AvgIpc) is 2.95. The van der Waals surface area contributed by atoms with Gasteiger partial charge in [0.05, 0.1) is 0 Å². The lowest BCUT2D eigenvalue weighted by atomic mass is 9.98. The third kappa shape index (κ3) is 2.03. The van der Waals surface area contributed by atoms with E-state index in [0.717, 1.165) is 11.8 Å². The average molecular weight is 258 g/mol. The highest BCUT2D eigenvalue weighted by Gasteiger charge is 2.47. The van der Waals surface area contributed by atoms with E-state index in [9.17, 15) is 0 Å². The third-order valence-corrected chi connectivity index (χ3v) is 4.60. The maximum Gasteiger partial charge on any atom is 0.0309 e. The van der Waals surface area contributed by atoms with Gasteiger partial charge in [-0.1, -0.05) is 67.1 Å². The monoisotopic (exact) mass is 258 g/mol. The van der Waals surface area contributed by atoms with Crippen LogP contribution in [0.15, 0.2) is 72.0 Å². The van der Waals surface area contributed by atoms with Gasteiger partial charge in [-0.15, -0.1) is 5.73 Å². The lowest BCUT2D eigenvalue weighted by molar-refractivity contribution is 0.793. The highest BCUT2D eigenvalue weighted by Crippen LogP contribution is 2.56. The second-order valence-electron chi connectivity index (χ2n) is 5.83. The summed E-state index contributed by atoms with van der Waals surface area (Å²) < 4.78 is 0. The molecule has 0 radical (unpaired) electrons. The Kier molecular flexibility index (Phi) is 2.83. The molecule has 20 heavy (non-hydrogen) atoms. The number of hydrogen-bond acceptors (Lipinski definition) is 0. The zero-order valence-electron chi connectivity index (χ0n) is 11.5. The van der Waals surface area contributed by atoms with Gasteiger partial charge in [-0.25, -0.2) is 0 Å². The van der Waals surface area contributed by atoms with E-state index >= 15 is 0 Å². The van der Waals surface area contributed by atoms with Crippen LogP contribution in [0.4, 0.5) is 0 Å². The van der Waals surface area contributed by atoms with Gasteiger partial charge in [0.2, 0.25) is 0 Å². The van der Waals surface area contributed by atoms with Gasteiger partial charge < -0.3 is 0 Å². The van der Waals surface area contributed by atoms with Crippen LogP contribution in [0.25, 0.3) is 5.57 Å². The molecule has 0 nitrogen and oxygen atoms in total. The first-order valence-corrected chi connectivity index (χ1v) is 7.55. The molecule has 2 aromatic carbocycles. The third-order valence-electron chi connectivity index (χ3n) is 4.60. The van der Waals surface area contributed by atoms with Crippen molar-refractivity contribution in [1.82, 2.24) is 0 Å². The summed E-state index contributed by atoms with van der Waals surface area (Å²) in [6, 6.07) is 21.3. The summed E-state index contributed by atoms with van der Waals surface area (Å²) in [7, 11) is 0. The molecule has 0 heteroatoms. The number of benzene rings is 2. The first-order valence-electron chi connectivity index (χ1n) is 7.55. The Morgan fingerprint density at radius 1 is 0.750 bits per heavy atom. The first-order chi connectivity index (χ1) is 9.93. The number of fused-ring (bicyclic) bond motifs is 1. The Morgan fingerprint density at radius 3 is 1.75 bits per heavy atom. The van der Waals surface area contributed by atoms with Gasteiger partial charge in [-0.2, -0.15) is 0 Å². The fourth-order valence-electron chi connectivity index (χ4n) is 3.50. The maximum absolute atomic E-state index is 3.76. The molecule has 0 spiro atoms. The van der Waals surface area contributed by atoms with Gasteiger partial charge in [0, 0.05) is 5.57 Å². The van der Waals surface area contributed by atoms with Crippen molar-refractivity contribution < 1.29 is 0 Å². The van der Waals surface area contributed by atoms with Crippen LogP contribution >= 0.6 is 0 Å². The van der Waals surface area contributed by atoms with E-state index in [-0.39, 0.29) is 0 Å². The molecule has 2 atom stereocenters. The quantitative estimate of drug-likeness (QED) is 0.659. The zero-order valence-corrected chi connectivity index (χ0v) is 11.5. The first kappa shape index (κ1) is 11.8. The molecule has 2 aliphatic carbocycles. The van der Waals surface area contributed by atoms with Crippen molar-refractivity contribution in [2.24, 2.45) is 11.8 Å². The molecule has 4 rings (SSSR count). The minimum atomic E-state index is 0.845. The van der Waals surface area contributed by atoms with E-state index in [0.29, 0.717) is 0 Å². The van der Waals surface area contributed by atoms with Gasteiger partial charge in [-0.05, 0) is 41.4 Å². The molecule has 2 saturated carbocycles. The summed E-state index contributed by atoms with van der Waals surface area (Å²) >= 11 is 0. The highest BCUT2D eigenvalue weighted by molar-refractivity contribution is 5.80. The smallest absolute Gasteiger partial charge is 0.0309 e. The Hall–Kier alpha value is -2.04. The van der Waals surface area contributed by atoms with Crippen LogP contribution in [-0.4, -0.2) is 0 Å². The second kappa shape index (κ2) is 4.81. The van der Waals surface area contributed by atoms with E-state index < -0.39 is 0 Å². The molecule has 0 N–H and O–H groups in total. The molecule has 0 unspecified atom stereocenters. The molecule has 0 amide bonds. The molecule has 0 saturated heterocycles. The van der Waals surface area contributed by atoms with E-state index in [1.165, 1.54) is 36.0 Å². The molecule has 0 aliphatic heterocycles. The molecule has 0 heterocycles. The van der Waals surface area contributed by atoms with Crippen LogP contribution in [-0.2, 0) is 0 Å². The van der Waals surface area contributed by atoms with Crippen molar-refractivity contribution in [2.45, 2.75) is 19.3 Å². The molecular formula is C20H18. The van der Waals surface area contributed by atoms with Gasteiger partial charge >= 0.3 is 0 Å². The van der Waals surface area contributed by atoms with Gasteiger partial charge in [-0.3, -0.25) is 0 Å². The summed E-state index contributed by atoms with van der Waals surface area (Å²) in [6.07, 6.45) is 4.17. The zero-order chi connectivity index (χ0) is 13.4. The summed E-state index contributed by atoms with van der Waals surface area (Å²) in [5.41, 5.74) is 9.14. The van der Waals surface area contributed by atoms with Crippen LogP contribution in [0, 0.1) is 11.8 Å². The Morgan fingerprint density at radius 2 is 1.25 bits per heavy atom. The summed E-state index contributed by atoms with van der Waals surface area (Å²) in [4.78, 5) is 0. The summed E-state index contributed by atoms with van der Waals surface area (Å²) in [6.45, 7) is 0. The molecule has 2 aliphatic rings. The van der Waals surface area contributed by atoms with Crippen LogP contribution < -0.4 is 0 Å². The molecule has 98 valence electrons. The number of allylic oxidation sites excluding steroid dienone is 1. The fraction of sp³-hybridized carbons (Fsp3) is 0.250. The molecule has 2 aromatic rings. The fourth-order valence-corrected chi connectivity index (χ4v) is 3.50. The lowest BCUT2D eigenvalue weighted by Gasteiger charge is -2.05. The second-order valence-corrected chi connectivity index (χ2v) is 5.83. The summed E-state index contributed by atoms with van der Waals surface area (Å²) in [5.74, 6) is 1.69. The van der Waals surface area contributed by atoms with Crippen molar-refractivity contribution in [3.05, 3.63) is 83.1 Å². The van der Waals surface area contributed by atoms with Crippen molar-refractivity contribution in [1.29, 1.82) is 0 Å². The Bertz CT molecular complexity index is 619. The summed E-state index contributed by atoms with van der Waals surface area (Å²) in [5, 5.41) is 0. The molecular weight excluding hydrogens is 240 g/mol. The van der Waals surface area contributed by atoms with E-state index in [1.54, 1.807) is 5.57 Å². The standard InChI is InChI=1S/C20H18/c1-3-8-15(9-4-1)19(16-10-5-2-6-11-16)14-20-17-12-7-13-18(17)20/h1-6,8-11,17-18H,7,12-13H2/t17-,18-/m0/s1. The van der Waals surface area contributed by atoms with Crippen molar-refractivity contribution >= 4 is 5.57 Å². The Balaban J connectivity index is 1.85. The number of hydrogen-bond donors (Lipinski definition) is 0. The topological polar surface area (TPSA) is 0 Å². The largest absolute Gasteiger partial charge is 0.112 e. The van der Waals surface area contributed by atoms with Gasteiger partial charge in [0.25, 0.3) is 0 Å². The van der Waals surface area contributed by atoms with E-state index in [1.807, 2.05) is 0 Å².